The molecule has 1 N–H and O–H groups in total. The Hall–Kier alpha value is -0.610. The second-order valence-electron chi connectivity index (χ2n) is 6.89. The van der Waals surface area contributed by atoms with Crippen LogP contribution in [0.3, 0.4) is 0 Å². The number of nitrogens with zero attached hydrogens (tertiary/aromatic N) is 1. The molecule has 1 aliphatic heterocycles. The smallest absolute Gasteiger partial charge is 0.241 e. The van der Waals surface area contributed by atoms with E-state index >= 15 is 0 Å². The molecular weight excluding hydrogens is 252 g/mol. The van der Waals surface area contributed by atoms with Gasteiger partial charge < -0.3 is 9.64 Å². The number of nitrogens with one attached hydrogen (secondary N) is 1. The fraction of sp³-hybridized carbons (Fsp3) is 0.938. The first-order chi connectivity index (χ1) is 9.54. The van der Waals surface area contributed by atoms with E-state index in [1.807, 2.05) is 0 Å². The predicted molar refractivity (Wildman–Crippen MR) is 80.3 cm³/mol. The van der Waals surface area contributed by atoms with E-state index in [9.17, 15) is 4.79 Å². The molecule has 2 aliphatic rings. The SMILES string of the molecule is COCC(C)N1C(=O)C(CC(C)C)NC1C1CCCC1. The van der Waals surface area contributed by atoms with Crippen molar-refractivity contribution in [1.82, 2.24) is 10.2 Å². The zero-order valence-electron chi connectivity index (χ0n) is 13.4. The average Bonchev–Trinajstić information content (AvgIpc) is 2.98. The summed E-state index contributed by atoms with van der Waals surface area (Å²) in [7, 11) is 1.71. The van der Waals surface area contributed by atoms with Crippen molar-refractivity contribution in [3.63, 3.8) is 0 Å². The molecule has 20 heavy (non-hydrogen) atoms. The van der Waals surface area contributed by atoms with E-state index in [1.54, 1.807) is 7.11 Å². The summed E-state index contributed by atoms with van der Waals surface area (Å²) in [5.74, 6) is 1.44. The van der Waals surface area contributed by atoms with Crippen molar-refractivity contribution in [3.05, 3.63) is 0 Å². The molecule has 1 amide bonds. The Labute approximate surface area is 123 Å². The van der Waals surface area contributed by atoms with Gasteiger partial charge >= 0.3 is 0 Å². The minimum atomic E-state index is -0.0000869. The summed E-state index contributed by atoms with van der Waals surface area (Å²) in [5.41, 5.74) is 0. The van der Waals surface area contributed by atoms with Gasteiger partial charge in [-0.25, -0.2) is 0 Å². The van der Waals surface area contributed by atoms with Crippen LogP contribution < -0.4 is 5.32 Å². The standard InChI is InChI=1S/C16H30N2O2/c1-11(2)9-14-16(19)18(12(3)10-20-4)15(17-14)13-7-5-6-8-13/h11-15,17H,5-10H2,1-4H3. The first-order valence-electron chi connectivity index (χ1n) is 8.11. The van der Waals surface area contributed by atoms with Crippen LogP contribution in [0.2, 0.25) is 0 Å². The summed E-state index contributed by atoms with van der Waals surface area (Å²) < 4.78 is 5.27. The maximum Gasteiger partial charge on any atom is 0.241 e. The number of amides is 1. The molecule has 0 radical (unpaired) electrons. The number of hydrogen-bond donors (Lipinski definition) is 1. The van der Waals surface area contributed by atoms with Gasteiger partial charge in [-0.05, 0) is 38.0 Å². The maximum absolute atomic E-state index is 12.7. The summed E-state index contributed by atoms with van der Waals surface area (Å²) in [4.78, 5) is 14.8. The van der Waals surface area contributed by atoms with E-state index in [1.165, 1.54) is 25.7 Å². The van der Waals surface area contributed by atoms with Crippen LogP contribution in [0.1, 0.15) is 52.9 Å². The fourth-order valence-corrected chi connectivity index (χ4v) is 3.76. The van der Waals surface area contributed by atoms with Gasteiger partial charge in [0.15, 0.2) is 0 Å². The summed E-state index contributed by atoms with van der Waals surface area (Å²) >= 11 is 0. The second-order valence-corrected chi connectivity index (χ2v) is 6.89. The fourth-order valence-electron chi connectivity index (χ4n) is 3.76. The van der Waals surface area contributed by atoms with Gasteiger partial charge in [0, 0.05) is 7.11 Å². The summed E-state index contributed by atoms with van der Waals surface area (Å²) in [6, 6.07) is 0.155. The number of carbonyl (C=O) groups excluding carboxylic acids is 1. The van der Waals surface area contributed by atoms with Gasteiger partial charge in [0.2, 0.25) is 5.91 Å². The highest BCUT2D eigenvalue weighted by Crippen LogP contribution is 2.33. The zero-order valence-corrected chi connectivity index (χ0v) is 13.4. The van der Waals surface area contributed by atoms with Gasteiger partial charge in [-0.1, -0.05) is 26.7 Å². The lowest BCUT2D eigenvalue weighted by atomic mass is 10.0. The Balaban J connectivity index is 2.11. The highest BCUT2D eigenvalue weighted by Gasteiger charge is 2.44. The Morgan fingerprint density at radius 3 is 2.50 bits per heavy atom. The first-order valence-corrected chi connectivity index (χ1v) is 8.11. The third kappa shape index (κ3) is 3.34. The molecule has 4 nitrogen and oxygen atoms in total. The minimum absolute atomic E-state index is 0.0000869. The van der Waals surface area contributed by atoms with Crippen LogP contribution in [0.4, 0.5) is 0 Å². The van der Waals surface area contributed by atoms with Crippen molar-refractivity contribution in [2.24, 2.45) is 11.8 Å². The van der Waals surface area contributed by atoms with Crippen molar-refractivity contribution in [1.29, 1.82) is 0 Å². The molecule has 1 aliphatic carbocycles. The van der Waals surface area contributed by atoms with Crippen LogP contribution in [-0.4, -0.2) is 42.8 Å². The van der Waals surface area contributed by atoms with E-state index in [0.717, 1.165) is 6.42 Å². The molecule has 0 aromatic heterocycles. The van der Waals surface area contributed by atoms with E-state index < -0.39 is 0 Å². The lowest BCUT2D eigenvalue weighted by Crippen LogP contribution is -2.48. The Morgan fingerprint density at radius 2 is 1.95 bits per heavy atom. The third-order valence-electron chi connectivity index (χ3n) is 4.66. The van der Waals surface area contributed by atoms with Crippen LogP contribution in [0, 0.1) is 11.8 Å². The maximum atomic E-state index is 12.7. The van der Waals surface area contributed by atoms with E-state index in [4.69, 9.17) is 4.74 Å². The molecule has 1 saturated carbocycles. The summed E-state index contributed by atoms with van der Waals surface area (Å²) in [5, 5.41) is 3.62. The van der Waals surface area contributed by atoms with Crippen molar-refractivity contribution in [2.75, 3.05) is 13.7 Å². The van der Waals surface area contributed by atoms with Crippen LogP contribution in [0.25, 0.3) is 0 Å². The summed E-state index contributed by atoms with van der Waals surface area (Å²) in [6.45, 7) is 7.08. The van der Waals surface area contributed by atoms with Crippen molar-refractivity contribution in [3.8, 4) is 0 Å². The quantitative estimate of drug-likeness (QED) is 0.813. The largest absolute Gasteiger partial charge is 0.383 e. The van der Waals surface area contributed by atoms with Gasteiger partial charge in [0.25, 0.3) is 0 Å². The van der Waals surface area contributed by atoms with E-state index in [0.29, 0.717) is 18.4 Å². The molecule has 0 spiro atoms. The average molecular weight is 282 g/mol. The highest BCUT2D eigenvalue weighted by molar-refractivity contribution is 5.84. The van der Waals surface area contributed by atoms with E-state index in [2.05, 4.69) is 31.0 Å². The predicted octanol–water partition coefficient (Wildman–Crippen LogP) is 2.38. The molecular formula is C16H30N2O2. The van der Waals surface area contributed by atoms with Crippen LogP contribution in [0.15, 0.2) is 0 Å². The van der Waals surface area contributed by atoms with Crippen molar-refractivity contribution >= 4 is 5.91 Å². The molecule has 3 atom stereocenters. The number of ether oxygens (including phenoxy) is 1. The molecule has 1 saturated heterocycles. The lowest BCUT2D eigenvalue weighted by molar-refractivity contribution is -0.134. The highest BCUT2D eigenvalue weighted by atomic mass is 16.5. The Morgan fingerprint density at radius 1 is 1.30 bits per heavy atom. The van der Waals surface area contributed by atoms with Gasteiger partial charge in [0.05, 0.1) is 24.9 Å². The monoisotopic (exact) mass is 282 g/mol. The topological polar surface area (TPSA) is 41.6 Å². The number of carbonyl (C=O) groups is 1. The summed E-state index contributed by atoms with van der Waals surface area (Å²) in [6.07, 6.45) is 6.25. The molecule has 1 heterocycles. The number of hydrogen-bond acceptors (Lipinski definition) is 3. The van der Waals surface area contributed by atoms with Crippen molar-refractivity contribution in [2.45, 2.75) is 71.1 Å². The molecule has 0 aromatic carbocycles. The number of methoxy groups -OCH3 is 1. The van der Waals surface area contributed by atoms with Gasteiger partial charge in [-0.3, -0.25) is 10.1 Å². The normalized spacial score (nSPS) is 29.6. The van der Waals surface area contributed by atoms with E-state index in [-0.39, 0.29) is 24.2 Å². The van der Waals surface area contributed by atoms with Crippen LogP contribution in [0.5, 0.6) is 0 Å². The Kier molecular flexibility index (Phi) is 5.44. The molecule has 0 bridgehead atoms. The van der Waals surface area contributed by atoms with Gasteiger partial charge in [-0.2, -0.15) is 0 Å². The molecule has 2 rings (SSSR count). The molecule has 4 heteroatoms. The second kappa shape index (κ2) is 6.90. The zero-order chi connectivity index (χ0) is 14.7. The van der Waals surface area contributed by atoms with Crippen LogP contribution in [-0.2, 0) is 9.53 Å². The lowest BCUT2D eigenvalue weighted by Gasteiger charge is -2.33. The molecule has 116 valence electrons. The molecule has 3 unspecified atom stereocenters. The van der Waals surface area contributed by atoms with Gasteiger partial charge in [0.1, 0.15) is 0 Å². The molecule has 0 aromatic rings. The van der Waals surface area contributed by atoms with Gasteiger partial charge in [-0.15, -0.1) is 0 Å². The van der Waals surface area contributed by atoms with Crippen LogP contribution >= 0.6 is 0 Å². The molecule has 2 fully saturated rings. The first kappa shape index (κ1) is 15.8. The van der Waals surface area contributed by atoms with Crippen molar-refractivity contribution < 1.29 is 9.53 Å². The minimum Gasteiger partial charge on any atom is -0.383 e. The third-order valence-corrected chi connectivity index (χ3v) is 4.66. The number of rotatable bonds is 6. The Bertz CT molecular complexity index is 326.